The first kappa shape index (κ1) is 10.3. The van der Waals surface area contributed by atoms with Crippen LogP contribution in [-0.4, -0.2) is 20.8 Å². The van der Waals surface area contributed by atoms with Crippen LogP contribution in [0.15, 0.2) is 30.5 Å². The summed E-state index contributed by atoms with van der Waals surface area (Å²) in [6.07, 6.45) is 1.63. The highest BCUT2D eigenvalue weighted by molar-refractivity contribution is 14.1. The van der Waals surface area contributed by atoms with Gasteiger partial charge in [-0.15, -0.1) is 5.10 Å². The number of Topliss-reactive ketones (excluding diaryl/α,β-unsaturated/α-hetero) is 1. The third-order valence-electron chi connectivity index (χ3n) is 1.95. The third-order valence-corrected chi connectivity index (χ3v) is 2.66. The van der Waals surface area contributed by atoms with Crippen LogP contribution < -0.4 is 0 Å². The highest BCUT2D eigenvalue weighted by atomic mass is 127. The predicted molar refractivity (Wildman–Crippen MR) is 64.1 cm³/mol. The van der Waals surface area contributed by atoms with Gasteiger partial charge in [0.15, 0.2) is 5.78 Å². The van der Waals surface area contributed by atoms with E-state index >= 15 is 0 Å². The average Bonchev–Trinajstić information content (AvgIpc) is 2.68. The largest absolute Gasteiger partial charge is 0.293 e. The minimum absolute atomic E-state index is 0.0771. The lowest BCUT2D eigenvalue weighted by molar-refractivity contribution is 0.101. The maximum absolute atomic E-state index is 11.0. The molecule has 0 unspecified atom stereocenters. The molecule has 5 heteroatoms. The van der Waals surface area contributed by atoms with Crippen molar-refractivity contribution in [3.8, 4) is 5.69 Å². The number of rotatable bonds is 2. The van der Waals surface area contributed by atoms with E-state index in [1.807, 2.05) is 24.3 Å². The highest BCUT2D eigenvalue weighted by Gasteiger charge is 2.05. The molecule has 1 aromatic heterocycles. The van der Waals surface area contributed by atoms with Crippen LogP contribution in [0, 0.1) is 3.57 Å². The second-order valence-electron chi connectivity index (χ2n) is 3.08. The van der Waals surface area contributed by atoms with Gasteiger partial charge in [-0.2, -0.15) is 0 Å². The normalized spacial score (nSPS) is 10.3. The van der Waals surface area contributed by atoms with Gasteiger partial charge in [-0.25, -0.2) is 4.68 Å². The molecule has 4 nitrogen and oxygen atoms in total. The molecule has 1 aromatic carbocycles. The van der Waals surface area contributed by atoms with Crippen LogP contribution in [0.4, 0.5) is 0 Å². The molecule has 0 fully saturated rings. The zero-order valence-corrected chi connectivity index (χ0v) is 10.2. The molecule has 0 amide bonds. The van der Waals surface area contributed by atoms with Crippen LogP contribution in [0.2, 0.25) is 0 Å². The van der Waals surface area contributed by atoms with E-state index in [4.69, 9.17) is 0 Å². The van der Waals surface area contributed by atoms with Crippen LogP contribution >= 0.6 is 22.6 Å². The standard InChI is InChI=1S/C10H8IN3O/c1-7(15)10-6-14(13-12-10)9-4-2-8(11)3-5-9/h2-6H,1H3. The first-order chi connectivity index (χ1) is 7.16. The lowest BCUT2D eigenvalue weighted by atomic mass is 10.3. The summed E-state index contributed by atoms with van der Waals surface area (Å²) in [5.41, 5.74) is 1.28. The number of nitrogens with zero attached hydrogens (tertiary/aromatic N) is 3. The molecule has 15 heavy (non-hydrogen) atoms. The summed E-state index contributed by atoms with van der Waals surface area (Å²) in [4.78, 5) is 11.0. The first-order valence-electron chi connectivity index (χ1n) is 4.36. The molecule has 0 radical (unpaired) electrons. The van der Waals surface area contributed by atoms with Crippen molar-refractivity contribution in [3.63, 3.8) is 0 Å². The fraction of sp³-hybridized carbons (Fsp3) is 0.100. The Bertz CT molecular complexity index is 490. The fourth-order valence-electron chi connectivity index (χ4n) is 1.15. The molecule has 2 aromatic rings. The number of carbonyl (C=O) groups is 1. The molecule has 2 rings (SSSR count). The molecule has 0 atom stereocenters. The van der Waals surface area contributed by atoms with Crippen molar-refractivity contribution in [3.05, 3.63) is 39.7 Å². The molecule has 1 heterocycles. The van der Waals surface area contributed by atoms with Gasteiger partial charge in [-0.05, 0) is 46.9 Å². The zero-order chi connectivity index (χ0) is 10.8. The van der Waals surface area contributed by atoms with Crippen molar-refractivity contribution >= 4 is 28.4 Å². The lowest BCUT2D eigenvalue weighted by Crippen LogP contribution is -1.94. The monoisotopic (exact) mass is 313 g/mol. The smallest absolute Gasteiger partial charge is 0.181 e. The van der Waals surface area contributed by atoms with E-state index in [-0.39, 0.29) is 5.78 Å². The maximum atomic E-state index is 11.0. The van der Waals surface area contributed by atoms with E-state index in [0.29, 0.717) is 5.69 Å². The maximum Gasteiger partial charge on any atom is 0.181 e. The second-order valence-corrected chi connectivity index (χ2v) is 4.33. The molecular formula is C10H8IN3O. The van der Waals surface area contributed by atoms with Crippen molar-refractivity contribution < 1.29 is 4.79 Å². The van der Waals surface area contributed by atoms with Gasteiger partial charge in [0.1, 0.15) is 5.69 Å². The number of aromatic nitrogens is 3. The summed E-state index contributed by atoms with van der Waals surface area (Å²) < 4.78 is 2.75. The summed E-state index contributed by atoms with van der Waals surface area (Å²) in [6.45, 7) is 1.47. The number of hydrogen-bond donors (Lipinski definition) is 0. The minimum atomic E-state index is -0.0771. The molecule has 0 aliphatic carbocycles. The number of ketones is 1. The Hall–Kier alpha value is -1.24. The van der Waals surface area contributed by atoms with Crippen LogP contribution in [0.5, 0.6) is 0 Å². The van der Waals surface area contributed by atoms with Crippen LogP contribution in [0.25, 0.3) is 5.69 Å². The SMILES string of the molecule is CC(=O)c1cn(-c2ccc(I)cc2)nn1. The topological polar surface area (TPSA) is 47.8 Å². The van der Waals surface area contributed by atoms with Crippen LogP contribution in [0.1, 0.15) is 17.4 Å². The van der Waals surface area contributed by atoms with E-state index in [0.717, 1.165) is 9.26 Å². The summed E-state index contributed by atoms with van der Waals surface area (Å²) in [6, 6.07) is 7.82. The average molecular weight is 313 g/mol. The predicted octanol–water partition coefficient (Wildman–Crippen LogP) is 2.07. The molecule has 0 saturated carbocycles. The molecule has 0 N–H and O–H groups in total. The van der Waals surface area contributed by atoms with E-state index in [1.165, 1.54) is 6.92 Å². The molecule has 0 aliphatic heterocycles. The first-order valence-corrected chi connectivity index (χ1v) is 5.44. The van der Waals surface area contributed by atoms with E-state index in [2.05, 4.69) is 32.9 Å². The minimum Gasteiger partial charge on any atom is -0.293 e. The van der Waals surface area contributed by atoms with Crippen molar-refractivity contribution in [1.82, 2.24) is 15.0 Å². The van der Waals surface area contributed by atoms with Crippen molar-refractivity contribution in [2.45, 2.75) is 6.92 Å². The van der Waals surface area contributed by atoms with Crippen LogP contribution in [-0.2, 0) is 0 Å². The number of carbonyl (C=O) groups excluding carboxylic acids is 1. The Morgan fingerprint density at radius 3 is 2.53 bits per heavy atom. The molecular weight excluding hydrogens is 305 g/mol. The Morgan fingerprint density at radius 2 is 2.00 bits per heavy atom. The number of benzene rings is 1. The Kier molecular flexibility index (Phi) is 2.81. The van der Waals surface area contributed by atoms with E-state index < -0.39 is 0 Å². The molecule has 76 valence electrons. The van der Waals surface area contributed by atoms with Gasteiger partial charge >= 0.3 is 0 Å². The van der Waals surface area contributed by atoms with Crippen LogP contribution in [0.3, 0.4) is 0 Å². The van der Waals surface area contributed by atoms with Gasteiger partial charge in [0.2, 0.25) is 0 Å². The molecule has 0 spiro atoms. The lowest BCUT2D eigenvalue weighted by Gasteiger charge is -1.98. The molecule has 0 saturated heterocycles. The third kappa shape index (κ3) is 2.23. The van der Waals surface area contributed by atoms with Crippen molar-refractivity contribution in [2.75, 3.05) is 0 Å². The summed E-state index contributed by atoms with van der Waals surface area (Å²) in [5.74, 6) is -0.0771. The fourth-order valence-corrected chi connectivity index (χ4v) is 1.50. The number of hydrogen-bond acceptors (Lipinski definition) is 3. The quantitative estimate of drug-likeness (QED) is 0.630. The summed E-state index contributed by atoms with van der Waals surface area (Å²) in [7, 11) is 0. The van der Waals surface area contributed by atoms with Gasteiger partial charge in [-0.1, -0.05) is 5.21 Å². The zero-order valence-electron chi connectivity index (χ0n) is 8.01. The molecule has 0 bridgehead atoms. The van der Waals surface area contributed by atoms with Gasteiger partial charge in [-0.3, -0.25) is 4.79 Å². The summed E-state index contributed by atoms with van der Waals surface area (Å²) >= 11 is 2.23. The second kappa shape index (κ2) is 4.09. The van der Waals surface area contributed by atoms with Crippen molar-refractivity contribution in [2.24, 2.45) is 0 Å². The van der Waals surface area contributed by atoms with Gasteiger partial charge in [0.25, 0.3) is 0 Å². The van der Waals surface area contributed by atoms with Crippen molar-refractivity contribution in [1.29, 1.82) is 0 Å². The Balaban J connectivity index is 2.37. The summed E-state index contributed by atoms with van der Waals surface area (Å²) in [5, 5.41) is 7.66. The Labute approximate surface area is 100 Å². The number of halogens is 1. The highest BCUT2D eigenvalue weighted by Crippen LogP contribution is 2.10. The van der Waals surface area contributed by atoms with Gasteiger partial charge in [0, 0.05) is 10.5 Å². The molecule has 0 aliphatic rings. The Morgan fingerprint density at radius 1 is 1.33 bits per heavy atom. The van der Waals surface area contributed by atoms with Gasteiger partial charge in [0.05, 0.1) is 11.9 Å². The van der Waals surface area contributed by atoms with Gasteiger partial charge < -0.3 is 0 Å². The van der Waals surface area contributed by atoms with E-state index in [1.54, 1.807) is 10.9 Å². The van der Waals surface area contributed by atoms with E-state index in [9.17, 15) is 4.79 Å².